The molecule has 2 N–H and O–H groups in total. The van der Waals surface area contributed by atoms with Crippen molar-refractivity contribution < 1.29 is 8.78 Å². The molecule has 84 valence electrons. The molecule has 1 fully saturated rings. The van der Waals surface area contributed by atoms with Gasteiger partial charge in [-0.15, -0.1) is 0 Å². The Morgan fingerprint density at radius 1 is 1.57 bits per heavy atom. The molecule has 0 aliphatic carbocycles. The third-order valence-electron chi connectivity index (χ3n) is 2.59. The predicted octanol–water partition coefficient (Wildman–Crippen LogP) is 1.41. The highest BCUT2D eigenvalue weighted by Crippen LogP contribution is 2.24. The van der Waals surface area contributed by atoms with Crippen molar-refractivity contribution in [1.29, 1.82) is 0 Å². The quantitative estimate of drug-likeness (QED) is 0.765. The molecule has 0 bridgehead atoms. The van der Waals surface area contributed by atoms with Gasteiger partial charge in [0.15, 0.2) is 0 Å². The van der Waals surface area contributed by atoms with E-state index in [1.54, 1.807) is 11.8 Å². The van der Waals surface area contributed by atoms with Gasteiger partial charge in [0.1, 0.15) is 0 Å². The van der Waals surface area contributed by atoms with Crippen LogP contribution in [0.4, 0.5) is 8.78 Å². The van der Waals surface area contributed by atoms with E-state index in [9.17, 15) is 8.78 Å². The Bertz CT molecular complexity index is 178. The van der Waals surface area contributed by atoms with Gasteiger partial charge < -0.3 is 5.73 Å². The molecule has 0 spiro atoms. The van der Waals surface area contributed by atoms with Crippen LogP contribution in [0.3, 0.4) is 0 Å². The lowest BCUT2D eigenvalue weighted by atomic mass is 10.2. The van der Waals surface area contributed by atoms with E-state index in [0.29, 0.717) is 6.04 Å². The first-order chi connectivity index (χ1) is 6.59. The van der Waals surface area contributed by atoms with Gasteiger partial charge in [0.2, 0.25) is 0 Å². The summed E-state index contributed by atoms with van der Waals surface area (Å²) in [5.74, 6) is -1.78. The summed E-state index contributed by atoms with van der Waals surface area (Å²) in [6.07, 6.45) is 4.09. The zero-order valence-corrected chi connectivity index (χ0v) is 9.33. The molecule has 0 aromatic heterocycles. The number of hydrogen-bond acceptors (Lipinski definition) is 3. The molecule has 0 amide bonds. The van der Waals surface area contributed by atoms with E-state index in [1.807, 2.05) is 11.2 Å². The summed E-state index contributed by atoms with van der Waals surface area (Å²) in [7, 11) is 0. The summed E-state index contributed by atoms with van der Waals surface area (Å²) < 4.78 is 26.1. The molecule has 1 unspecified atom stereocenters. The monoisotopic (exact) mass is 224 g/mol. The summed E-state index contributed by atoms with van der Waals surface area (Å²) in [5, 5.41) is 0. The van der Waals surface area contributed by atoms with Crippen LogP contribution in [0.15, 0.2) is 0 Å². The van der Waals surface area contributed by atoms with Gasteiger partial charge in [-0.2, -0.15) is 11.8 Å². The molecular weight excluding hydrogens is 206 g/mol. The molecule has 0 aromatic rings. The highest BCUT2D eigenvalue weighted by atomic mass is 32.2. The van der Waals surface area contributed by atoms with Crippen LogP contribution in [0.25, 0.3) is 0 Å². The fourth-order valence-electron chi connectivity index (χ4n) is 1.85. The van der Waals surface area contributed by atoms with Crippen LogP contribution in [-0.2, 0) is 0 Å². The number of alkyl halides is 2. The van der Waals surface area contributed by atoms with Gasteiger partial charge in [-0.1, -0.05) is 0 Å². The molecule has 1 heterocycles. The predicted molar refractivity (Wildman–Crippen MR) is 57.0 cm³/mol. The van der Waals surface area contributed by atoms with Crippen molar-refractivity contribution in [2.75, 3.05) is 31.6 Å². The highest BCUT2D eigenvalue weighted by Gasteiger charge is 2.34. The summed E-state index contributed by atoms with van der Waals surface area (Å²) in [4.78, 5) is 1.88. The molecule has 5 heteroatoms. The number of halogens is 2. The van der Waals surface area contributed by atoms with Crippen molar-refractivity contribution in [2.45, 2.75) is 24.8 Å². The Hall–Kier alpha value is 0.130. The lowest BCUT2D eigenvalue weighted by Gasteiger charge is -2.27. The summed E-state index contributed by atoms with van der Waals surface area (Å²) in [6, 6.07) is 0.322. The molecule has 1 aliphatic heterocycles. The molecular formula is C9H18F2N2S. The molecule has 1 rings (SSSR count). The third kappa shape index (κ3) is 3.37. The van der Waals surface area contributed by atoms with Crippen molar-refractivity contribution >= 4 is 11.8 Å². The number of nitrogens with two attached hydrogens (primary N) is 1. The maximum atomic E-state index is 13.0. The van der Waals surface area contributed by atoms with Crippen LogP contribution < -0.4 is 5.73 Å². The van der Waals surface area contributed by atoms with Crippen LogP contribution in [0.1, 0.15) is 12.8 Å². The minimum Gasteiger partial charge on any atom is -0.325 e. The van der Waals surface area contributed by atoms with Crippen molar-refractivity contribution in [2.24, 2.45) is 5.73 Å². The van der Waals surface area contributed by atoms with Crippen molar-refractivity contribution in [3.8, 4) is 0 Å². The van der Waals surface area contributed by atoms with Gasteiger partial charge in [0.25, 0.3) is 5.92 Å². The molecule has 2 nitrogen and oxygen atoms in total. The summed E-state index contributed by atoms with van der Waals surface area (Å²) in [5.41, 5.74) is 5.02. The van der Waals surface area contributed by atoms with E-state index >= 15 is 0 Å². The average molecular weight is 224 g/mol. The summed E-state index contributed by atoms with van der Waals surface area (Å²) >= 11 is 1.72. The van der Waals surface area contributed by atoms with Crippen molar-refractivity contribution in [3.63, 3.8) is 0 Å². The van der Waals surface area contributed by atoms with Gasteiger partial charge in [0.05, 0.1) is 13.1 Å². The van der Waals surface area contributed by atoms with Gasteiger partial charge >= 0.3 is 0 Å². The molecule has 0 saturated carbocycles. The van der Waals surface area contributed by atoms with E-state index in [0.717, 1.165) is 25.1 Å². The molecule has 1 aliphatic rings. The maximum absolute atomic E-state index is 13.0. The van der Waals surface area contributed by atoms with Crippen LogP contribution in [0, 0.1) is 0 Å². The van der Waals surface area contributed by atoms with E-state index in [4.69, 9.17) is 5.73 Å². The maximum Gasteiger partial charge on any atom is 0.272 e. The van der Waals surface area contributed by atoms with Gasteiger partial charge in [0, 0.05) is 11.8 Å². The van der Waals surface area contributed by atoms with E-state index in [2.05, 4.69) is 0 Å². The third-order valence-corrected chi connectivity index (χ3v) is 3.31. The van der Waals surface area contributed by atoms with Crippen molar-refractivity contribution in [1.82, 2.24) is 4.90 Å². The lowest BCUT2D eigenvalue weighted by Crippen LogP contribution is -2.44. The van der Waals surface area contributed by atoms with Gasteiger partial charge in [-0.05, 0) is 25.6 Å². The second kappa shape index (κ2) is 5.28. The smallest absolute Gasteiger partial charge is 0.272 e. The minimum atomic E-state index is -2.72. The topological polar surface area (TPSA) is 29.3 Å². The number of nitrogens with zero attached hydrogens (tertiary/aromatic N) is 1. The fourth-order valence-corrected chi connectivity index (χ4v) is 2.61. The zero-order chi connectivity index (χ0) is 10.6. The zero-order valence-electron chi connectivity index (χ0n) is 8.51. The first kappa shape index (κ1) is 12.2. The standard InChI is InChI=1S/C9H18F2N2S/c1-14-5-8-3-2-4-13(8)7-9(10,11)6-12/h8H,2-7,12H2,1H3. The molecule has 0 radical (unpaired) electrons. The number of likely N-dealkylation sites (tertiary alicyclic amines) is 1. The first-order valence-electron chi connectivity index (χ1n) is 4.90. The SMILES string of the molecule is CSCC1CCCN1CC(F)(F)CN. The van der Waals surface area contributed by atoms with E-state index < -0.39 is 12.5 Å². The van der Waals surface area contributed by atoms with Crippen LogP contribution in [0.2, 0.25) is 0 Å². The number of rotatable bonds is 5. The molecule has 14 heavy (non-hydrogen) atoms. The Morgan fingerprint density at radius 3 is 2.86 bits per heavy atom. The summed E-state index contributed by atoms with van der Waals surface area (Å²) in [6.45, 7) is 0.0744. The molecule has 1 saturated heterocycles. The van der Waals surface area contributed by atoms with Gasteiger partial charge in [-0.3, -0.25) is 4.90 Å². The van der Waals surface area contributed by atoms with Crippen molar-refractivity contribution in [3.05, 3.63) is 0 Å². The van der Waals surface area contributed by atoms with Crippen LogP contribution in [-0.4, -0.2) is 48.5 Å². The largest absolute Gasteiger partial charge is 0.325 e. The Labute approximate surface area is 88.2 Å². The van der Waals surface area contributed by atoms with Crippen LogP contribution >= 0.6 is 11.8 Å². The highest BCUT2D eigenvalue weighted by molar-refractivity contribution is 7.98. The van der Waals surface area contributed by atoms with Gasteiger partial charge in [-0.25, -0.2) is 8.78 Å². The number of hydrogen-bond donors (Lipinski definition) is 1. The van der Waals surface area contributed by atoms with E-state index in [-0.39, 0.29) is 6.54 Å². The molecule has 0 aromatic carbocycles. The first-order valence-corrected chi connectivity index (χ1v) is 6.29. The lowest BCUT2D eigenvalue weighted by molar-refractivity contribution is -0.0247. The fraction of sp³-hybridized carbons (Fsp3) is 1.00. The second-order valence-corrected chi connectivity index (χ2v) is 4.69. The minimum absolute atomic E-state index is 0.172. The Balaban J connectivity index is 2.42. The van der Waals surface area contributed by atoms with Crippen LogP contribution in [0.5, 0.6) is 0 Å². The average Bonchev–Trinajstić information content (AvgIpc) is 2.53. The normalized spacial score (nSPS) is 24.4. The Morgan fingerprint density at radius 2 is 2.29 bits per heavy atom. The molecule has 1 atom stereocenters. The van der Waals surface area contributed by atoms with E-state index in [1.165, 1.54) is 0 Å². The second-order valence-electron chi connectivity index (χ2n) is 3.78. The Kier molecular flexibility index (Phi) is 4.60. The number of thioether (sulfide) groups is 1.